The molecule has 3 heterocycles. The van der Waals surface area contributed by atoms with Gasteiger partial charge in [-0.1, -0.05) is 12.1 Å². The van der Waals surface area contributed by atoms with Crippen LogP contribution in [-0.2, 0) is 16.1 Å². The maximum absolute atomic E-state index is 13.1. The Morgan fingerprint density at radius 1 is 1.17 bits per heavy atom. The highest BCUT2D eigenvalue weighted by Gasteiger charge is 2.54. The molecule has 29 heavy (non-hydrogen) atoms. The molecule has 3 N–H and O–H groups in total. The van der Waals surface area contributed by atoms with E-state index in [9.17, 15) is 19.2 Å². The van der Waals surface area contributed by atoms with Crippen LogP contribution < -0.4 is 16.0 Å². The number of hydrogen-bond acceptors (Lipinski definition) is 6. The minimum atomic E-state index is -0.930. The van der Waals surface area contributed by atoms with Crippen LogP contribution in [0, 0.1) is 5.41 Å². The molecule has 3 atom stereocenters. The third-order valence-electron chi connectivity index (χ3n) is 6.78. The number of imide groups is 2. The molecule has 5 rings (SSSR count). The van der Waals surface area contributed by atoms with Crippen molar-refractivity contribution in [2.24, 2.45) is 5.41 Å². The summed E-state index contributed by atoms with van der Waals surface area (Å²) in [6, 6.07) is 4.92. The third kappa shape index (κ3) is 2.98. The summed E-state index contributed by atoms with van der Waals surface area (Å²) < 4.78 is 0. The quantitative estimate of drug-likeness (QED) is 0.619. The molecule has 1 saturated carbocycles. The predicted octanol–water partition coefficient (Wildman–Crippen LogP) is 0.320. The first kappa shape index (κ1) is 18.4. The standard InChI is InChI=1S/C21H24N4O4/c26-16-6-5-14(18(27)24-16)25-19(28)13-4-1-3-12(17(13)20(25)29)10-22-11-21-7-2-8-23-15(21)9-21/h1,3-4,14-15,22-23H,2,5-11H2,(H,24,26,27). The SMILES string of the molecule is O=C1CCC(N2C(=O)c3cccc(CNCC45CCCNC4C5)c3C2=O)C(=O)N1. The first-order valence-electron chi connectivity index (χ1n) is 10.3. The van der Waals surface area contributed by atoms with E-state index in [4.69, 9.17) is 0 Å². The van der Waals surface area contributed by atoms with Crippen molar-refractivity contribution in [3.63, 3.8) is 0 Å². The van der Waals surface area contributed by atoms with Gasteiger partial charge in [0.2, 0.25) is 11.8 Å². The minimum Gasteiger partial charge on any atom is -0.313 e. The van der Waals surface area contributed by atoms with Crippen molar-refractivity contribution in [2.75, 3.05) is 13.1 Å². The molecule has 0 radical (unpaired) electrons. The van der Waals surface area contributed by atoms with Gasteiger partial charge in [0.1, 0.15) is 6.04 Å². The molecule has 152 valence electrons. The first-order valence-corrected chi connectivity index (χ1v) is 10.3. The maximum Gasteiger partial charge on any atom is 0.262 e. The van der Waals surface area contributed by atoms with Crippen molar-refractivity contribution in [2.45, 2.75) is 50.7 Å². The van der Waals surface area contributed by atoms with Gasteiger partial charge in [-0.2, -0.15) is 0 Å². The molecule has 4 amide bonds. The molecule has 0 aromatic heterocycles. The van der Waals surface area contributed by atoms with E-state index in [1.165, 1.54) is 19.3 Å². The van der Waals surface area contributed by atoms with Crippen LogP contribution in [0.5, 0.6) is 0 Å². The molecule has 3 aliphatic heterocycles. The second kappa shape index (κ2) is 6.74. The molecular formula is C21H24N4O4. The fourth-order valence-electron chi connectivity index (χ4n) is 5.09. The van der Waals surface area contributed by atoms with Gasteiger partial charge in [-0.3, -0.25) is 29.4 Å². The number of hydrogen-bond donors (Lipinski definition) is 3. The summed E-state index contributed by atoms with van der Waals surface area (Å²) in [6.07, 6.45) is 3.88. The number of benzene rings is 1. The topological polar surface area (TPSA) is 108 Å². The van der Waals surface area contributed by atoms with Crippen molar-refractivity contribution in [1.29, 1.82) is 0 Å². The molecule has 1 aromatic rings. The molecule has 3 fully saturated rings. The summed E-state index contributed by atoms with van der Waals surface area (Å²) in [5.41, 5.74) is 1.81. The minimum absolute atomic E-state index is 0.121. The lowest BCUT2D eigenvalue weighted by Gasteiger charge is -2.27. The van der Waals surface area contributed by atoms with Crippen LogP contribution in [0.15, 0.2) is 18.2 Å². The summed E-state index contributed by atoms with van der Waals surface area (Å²) in [4.78, 5) is 50.6. The predicted molar refractivity (Wildman–Crippen MR) is 103 cm³/mol. The van der Waals surface area contributed by atoms with E-state index in [1.807, 2.05) is 6.07 Å². The molecule has 0 bridgehead atoms. The van der Waals surface area contributed by atoms with Gasteiger partial charge in [0, 0.05) is 25.6 Å². The third-order valence-corrected chi connectivity index (χ3v) is 6.78. The molecule has 1 aromatic carbocycles. The molecule has 2 saturated heterocycles. The second-order valence-corrected chi connectivity index (χ2v) is 8.57. The maximum atomic E-state index is 13.1. The normalized spacial score (nSPS) is 30.8. The molecule has 0 spiro atoms. The Morgan fingerprint density at radius 3 is 2.83 bits per heavy atom. The van der Waals surface area contributed by atoms with E-state index in [1.54, 1.807) is 12.1 Å². The Bertz CT molecular complexity index is 929. The number of nitrogens with zero attached hydrogens (tertiary/aromatic N) is 1. The average molecular weight is 396 g/mol. The largest absolute Gasteiger partial charge is 0.313 e. The Kier molecular flexibility index (Phi) is 4.29. The smallest absolute Gasteiger partial charge is 0.262 e. The van der Waals surface area contributed by atoms with Gasteiger partial charge in [-0.05, 0) is 49.3 Å². The number of fused-ring (bicyclic) bond motifs is 2. The lowest BCUT2D eigenvalue weighted by atomic mass is 9.96. The van der Waals surface area contributed by atoms with Crippen molar-refractivity contribution in [1.82, 2.24) is 20.9 Å². The molecule has 3 unspecified atom stereocenters. The van der Waals surface area contributed by atoms with Crippen LogP contribution in [0.4, 0.5) is 0 Å². The lowest BCUT2D eigenvalue weighted by Crippen LogP contribution is -2.54. The highest BCUT2D eigenvalue weighted by molar-refractivity contribution is 6.24. The number of nitrogens with one attached hydrogen (secondary N) is 3. The van der Waals surface area contributed by atoms with Crippen molar-refractivity contribution in [3.05, 3.63) is 34.9 Å². The van der Waals surface area contributed by atoms with Crippen LogP contribution in [0.2, 0.25) is 0 Å². The number of carbonyl (C=O) groups excluding carboxylic acids is 4. The van der Waals surface area contributed by atoms with Gasteiger partial charge in [0.25, 0.3) is 11.8 Å². The second-order valence-electron chi connectivity index (χ2n) is 8.57. The van der Waals surface area contributed by atoms with Crippen molar-refractivity contribution < 1.29 is 19.2 Å². The number of carbonyl (C=O) groups is 4. The molecule has 8 nitrogen and oxygen atoms in total. The van der Waals surface area contributed by atoms with Crippen LogP contribution in [0.25, 0.3) is 0 Å². The fourth-order valence-corrected chi connectivity index (χ4v) is 5.09. The monoisotopic (exact) mass is 396 g/mol. The summed E-state index contributed by atoms with van der Waals surface area (Å²) in [7, 11) is 0. The Labute approximate surface area is 168 Å². The van der Waals surface area contributed by atoms with Crippen LogP contribution in [0.3, 0.4) is 0 Å². The van der Waals surface area contributed by atoms with Gasteiger partial charge in [0.15, 0.2) is 0 Å². The van der Waals surface area contributed by atoms with Gasteiger partial charge in [-0.15, -0.1) is 0 Å². The zero-order valence-electron chi connectivity index (χ0n) is 16.1. The van der Waals surface area contributed by atoms with E-state index < -0.39 is 23.8 Å². The average Bonchev–Trinajstić information content (AvgIpc) is 3.37. The summed E-state index contributed by atoms with van der Waals surface area (Å²) in [5, 5.41) is 9.25. The summed E-state index contributed by atoms with van der Waals surface area (Å²) in [6.45, 7) is 2.47. The van der Waals surface area contributed by atoms with E-state index in [-0.39, 0.29) is 18.7 Å². The Morgan fingerprint density at radius 2 is 2.03 bits per heavy atom. The number of rotatable bonds is 5. The van der Waals surface area contributed by atoms with E-state index in [0.29, 0.717) is 29.1 Å². The highest BCUT2D eigenvalue weighted by atomic mass is 16.2. The lowest BCUT2D eigenvalue weighted by molar-refractivity contribution is -0.136. The molecule has 4 aliphatic rings. The van der Waals surface area contributed by atoms with Gasteiger partial charge >= 0.3 is 0 Å². The Balaban J connectivity index is 1.32. The highest BCUT2D eigenvalue weighted by Crippen LogP contribution is 2.51. The molecule has 8 heteroatoms. The molecular weight excluding hydrogens is 372 g/mol. The van der Waals surface area contributed by atoms with E-state index in [2.05, 4.69) is 16.0 Å². The first-order chi connectivity index (χ1) is 14.0. The van der Waals surface area contributed by atoms with Crippen LogP contribution >= 0.6 is 0 Å². The summed E-state index contributed by atoms with van der Waals surface area (Å²) >= 11 is 0. The van der Waals surface area contributed by atoms with E-state index in [0.717, 1.165) is 23.6 Å². The van der Waals surface area contributed by atoms with Gasteiger partial charge in [0.05, 0.1) is 11.1 Å². The molecule has 1 aliphatic carbocycles. The van der Waals surface area contributed by atoms with Crippen molar-refractivity contribution >= 4 is 23.6 Å². The zero-order valence-corrected chi connectivity index (χ0v) is 16.1. The van der Waals surface area contributed by atoms with Gasteiger partial charge < -0.3 is 10.6 Å². The van der Waals surface area contributed by atoms with Crippen LogP contribution in [0.1, 0.15) is 58.4 Å². The zero-order chi connectivity index (χ0) is 20.2. The van der Waals surface area contributed by atoms with Crippen LogP contribution in [-0.4, -0.2) is 53.7 Å². The Hall–Kier alpha value is -2.58. The number of amides is 4. The summed E-state index contributed by atoms with van der Waals surface area (Å²) in [5.74, 6) is -1.86. The van der Waals surface area contributed by atoms with E-state index >= 15 is 0 Å². The number of piperidine rings is 2. The van der Waals surface area contributed by atoms with Crippen molar-refractivity contribution in [3.8, 4) is 0 Å². The van der Waals surface area contributed by atoms with Gasteiger partial charge in [-0.25, -0.2) is 0 Å². The fraction of sp³-hybridized carbons (Fsp3) is 0.524.